The predicted octanol–water partition coefficient (Wildman–Crippen LogP) is 2.44. The van der Waals surface area contributed by atoms with Gasteiger partial charge in [0, 0.05) is 4.91 Å². The molecule has 1 aliphatic heterocycles. The van der Waals surface area contributed by atoms with Gasteiger partial charge in [-0.05, 0) is 23.8 Å². The molecular weight excluding hydrogens is 302 g/mol. The van der Waals surface area contributed by atoms with Crippen molar-refractivity contribution in [2.45, 2.75) is 0 Å². The highest BCUT2D eigenvalue weighted by Gasteiger charge is 2.18. The van der Waals surface area contributed by atoms with Crippen molar-refractivity contribution in [2.24, 2.45) is 0 Å². The van der Waals surface area contributed by atoms with Crippen molar-refractivity contribution in [3.63, 3.8) is 0 Å². The van der Waals surface area contributed by atoms with Crippen LogP contribution in [0.2, 0.25) is 0 Å². The Morgan fingerprint density at radius 2 is 2.05 bits per heavy atom. The van der Waals surface area contributed by atoms with Crippen LogP contribution in [0.4, 0.5) is 0 Å². The molecule has 1 heterocycles. The van der Waals surface area contributed by atoms with E-state index in [1.165, 1.54) is 11.8 Å². The predicted molar refractivity (Wildman–Crippen MR) is 83.5 cm³/mol. The number of benzene rings is 1. The van der Waals surface area contributed by atoms with Gasteiger partial charge in [0.1, 0.15) is 15.1 Å². The molecule has 1 aromatic rings. The monoisotopic (exact) mass is 311 g/mol. The molecule has 0 radical (unpaired) electrons. The van der Waals surface area contributed by atoms with Gasteiger partial charge in [0.2, 0.25) is 0 Å². The van der Waals surface area contributed by atoms with Gasteiger partial charge in [-0.15, -0.1) is 0 Å². The number of thioether (sulfide) groups is 1. The molecule has 0 saturated carbocycles. The molecule has 1 fully saturated rings. The quantitative estimate of drug-likeness (QED) is 0.654. The van der Waals surface area contributed by atoms with E-state index < -0.39 is 5.97 Å². The SMILES string of the molecule is O=C(O)COc1ccc(C=C2SC(=S)NC2=S)cc1. The van der Waals surface area contributed by atoms with Gasteiger partial charge in [-0.3, -0.25) is 0 Å². The zero-order chi connectivity index (χ0) is 13.8. The maximum absolute atomic E-state index is 10.4. The number of thiocarbonyl (C=S) groups is 2. The van der Waals surface area contributed by atoms with Crippen molar-refractivity contribution in [3.8, 4) is 5.75 Å². The van der Waals surface area contributed by atoms with Crippen LogP contribution in [-0.2, 0) is 4.79 Å². The van der Waals surface area contributed by atoms with Crippen LogP contribution in [0.1, 0.15) is 5.56 Å². The first-order valence-electron chi connectivity index (χ1n) is 5.24. The Labute approximate surface area is 124 Å². The molecule has 0 bridgehead atoms. The smallest absolute Gasteiger partial charge is 0.341 e. The average Bonchev–Trinajstić information content (AvgIpc) is 2.67. The third kappa shape index (κ3) is 4.02. The highest BCUT2D eigenvalue weighted by molar-refractivity contribution is 8.27. The Morgan fingerprint density at radius 3 is 2.58 bits per heavy atom. The summed E-state index contributed by atoms with van der Waals surface area (Å²) in [5.41, 5.74) is 0.944. The minimum atomic E-state index is -1.00. The third-order valence-corrected chi connectivity index (χ3v) is 3.81. The fourth-order valence-corrected chi connectivity index (χ4v) is 2.86. The van der Waals surface area contributed by atoms with Crippen LogP contribution < -0.4 is 10.1 Å². The largest absolute Gasteiger partial charge is 0.482 e. The lowest BCUT2D eigenvalue weighted by molar-refractivity contribution is -0.139. The van der Waals surface area contributed by atoms with Crippen LogP contribution in [0, 0.1) is 0 Å². The summed E-state index contributed by atoms with van der Waals surface area (Å²) in [6.07, 6.45) is 1.92. The second-order valence-corrected chi connectivity index (χ2v) is 5.73. The van der Waals surface area contributed by atoms with E-state index in [0.29, 0.717) is 15.1 Å². The number of hydrogen-bond acceptors (Lipinski definition) is 5. The lowest BCUT2D eigenvalue weighted by Gasteiger charge is -2.03. The van der Waals surface area contributed by atoms with E-state index in [0.717, 1.165) is 10.5 Å². The zero-order valence-corrected chi connectivity index (χ0v) is 12.0. The molecule has 0 spiro atoms. The van der Waals surface area contributed by atoms with Gasteiger partial charge in [0.25, 0.3) is 0 Å². The number of hydrogen-bond donors (Lipinski definition) is 2. The van der Waals surface area contributed by atoms with Crippen molar-refractivity contribution in [2.75, 3.05) is 6.61 Å². The van der Waals surface area contributed by atoms with E-state index in [1.807, 2.05) is 18.2 Å². The summed E-state index contributed by atoms with van der Waals surface area (Å²) in [5, 5.41) is 11.4. The Balaban J connectivity index is 2.06. The first-order valence-corrected chi connectivity index (χ1v) is 6.87. The molecule has 2 N–H and O–H groups in total. The Bertz CT molecular complexity index is 566. The number of carboxylic acid groups (broad SMARTS) is 1. The average molecular weight is 311 g/mol. The standard InChI is InChI=1S/C12H9NO3S3/c14-10(15)6-16-8-3-1-7(2-4-8)5-9-11(17)13-12(18)19-9/h1-5H,6H2,(H,14,15)(H,13,17,18). The van der Waals surface area contributed by atoms with Crippen LogP contribution in [-0.4, -0.2) is 27.0 Å². The van der Waals surface area contributed by atoms with Crippen LogP contribution in [0.15, 0.2) is 29.2 Å². The molecule has 98 valence electrons. The summed E-state index contributed by atoms with van der Waals surface area (Å²) in [6, 6.07) is 7.08. The highest BCUT2D eigenvalue weighted by Crippen LogP contribution is 2.27. The van der Waals surface area contributed by atoms with Crippen LogP contribution >= 0.6 is 36.2 Å². The number of ether oxygens (including phenoxy) is 1. The normalized spacial score (nSPS) is 16.5. The van der Waals surface area contributed by atoms with Gasteiger partial charge in [-0.25, -0.2) is 4.79 Å². The van der Waals surface area contributed by atoms with Crippen molar-refractivity contribution in [3.05, 3.63) is 34.7 Å². The van der Waals surface area contributed by atoms with Crippen molar-refractivity contribution in [1.29, 1.82) is 0 Å². The molecule has 0 amide bonds. The van der Waals surface area contributed by atoms with Gasteiger partial charge >= 0.3 is 5.97 Å². The summed E-state index contributed by atoms with van der Waals surface area (Å²) in [6.45, 7) is -0.349. The van der Waals surface area contributed by atoms with Gasteiger partial charge < -0.3 is 15.2 Å². The van der Waals surface area contributed by atoms with Crippen molar-refractivity contribution >= 4 is 57.6 Å². The van der Waals surface area contributed by atoms with Crippen LogP contribution in [0.25, 0.3) is 6.08 Å². The van der Waals surface area contributed by atoms with E-state index in [1.54, 1.807) is 12.1 Å². The number of carboxylic acids is 1. The number of rotatable bonds is 4. The molecule has 1 aliphatic rings. The molecule has 4 nitrogen and oxygen atoms in total. The maximum atomic E-state index is 10.4. The number of carbonyl (C=O) groups is 1. The van der Waals surface area contributed by atoms with Crippen molar-refractivity contribution < 1.29 is 14.6 Å². The van der Waals surface area contributed by atoms with Gasteiger partial charge in [0.15, 0.2) is 6.61 Å². The van der Waals surface area contributed by atoms with Gasteiger partial charge in [0.05, 0.1) is 0 Å². The van der Waals surface area contributed by atoms with Crippen LogP contribution in [0.5, 0.6) is 5.75 Å². The molecular formula is C12H9NO3S3. The van der Waals surface area contributed by atoms with E-state index in [2.05, 4.69) is 5.32 Å². The van der Waals surface area contributed by atoms with E-state index >= 15 is 0 Å². The summed E-state index contributed by atoms with van der Waals surface area (Å²) < 4.78 is 5.70. The first kappa shape index (κ1) is 14.0. The van der Waals surface area contributed by atoms with Gasteiger partial charge in [-0.2, -0.15) is 0 Å². The lowest BCUT2D eigenvalue weighted by atomic mass is 10.2. The van der Waals surface area contributed by atoms with Crippen molar-refractivity contribution in [1.82, 2.24) is 5.32 Å². The fraction of sp³-hybridized carbons (Fsp3) is 0.0833. The van der Waals surface area contributed by atoms with E-state index in [9.17, 15) is 4.79 Å². The number of aliphatic carboxylic acids is 1. The Morgan fingerprint density at radius 1 is 1.37 bits per heavy atom. The summed E-state index contributed by atoms with van der Waals surface area (Å²) >= 11 is 11.6. The lowest BCUT2D eigenvalue weighted by Crippen LogP contribution is -2.15. The topological polar surface area (TPSA) is 58.6 Å². The molecule has 0 unspecified atom stereocenters. The first-order chi connectivity index (χ1) is 9.04. The Hall–Kier alpha value is -1.44. The summed E-state index contributed by atoms with van der Waals surface area (Å²) in [4.78, 5) is 11.9. The second-order valence-electron chi connectivity index (χ2n) is 3.60. The summed E-state index contributed by atoms with van der Waals surface area (Å²) in [7, 11) is 0. The second kappa shape index (κ2) is 6.14. The molecule has 19 heavy (non-hydrogen) atoms. The fourth-order valence-electron chi connectivity index (χ4n) is 1.38. The van der Waals surface area contributed by atoms with Gasteiger partial charge in [-0.1, -0.05) is 48.3 Å². The minimum Gasteiger partial charge on any atom is -0.482 e. The molecule has 0 atom stereocenters. The molecule has 1 aromatic carbocycles. The third-order valence-electron chi connectivity index (χ3n) is 2.18. The minimum absolute atomic E-state index is 0.349. The maximum Gasteiger partial charge on any atom is 0.341 e. The molecule has 0 aromatic heterocycles. The molecule has 2 rings (SSSR count). The zero-order valence-electron chi connectivity index (χ0n) is 9.58. The molecule has 0 aliphatic carbocycles. The van der Waals surface area contributed by atoms with E-state index in [4.69, 9.17) is 34.3 Å². The summed E-state index contributed by atoms with van der Waals surface area (Å²) in [5.74, 6) is -0.488. The van der Waals surface area contributed by atoms with E-state index in [-0.39, 0.29) is 6.61 Å². The molecule has 1 saturated heterocycles. The molecule has 7 heteroatoms. The highest BCUT2D eigenvalue weighted by atomic mass is 32.2. The Kier molecular flexibility index (Phi) is 4.52. The van der Waals surface area contributed by atoms with Crippen LogP contribution in [0.3, 0.4) is 0 Å². The number of nitrogens with one attached hydrogen (secondary N) is 1.